The fourth-order valence-corrected chi connectivity index (χ4v) is 3.10. The Kier molecular flexibility index (Phi) is 4.17. The Morgan fingerprint density at radius 2 is 2.04 bits per heavy atom. The van der Waals surface area contributed by atoms with Crippen molar-refractivity contribution in [2.45, 2.75) is 19.2 Å². The predicted molar refractivity (Wildman–Crippen MR) is 84.7 cm³/mol. The molecule has 1 atom stereocenters. The first-order valence-electron chi connectivity index (χ1n) is 8.07. The van der Waals surface area contributed by atoms with E-state index in [2.05, 4.69) is 22.1 Å². The van der Waals surface area contributed by atoms with Crippen LogP contribution >= 0.6 is 0 Å². The molecule has 0 saturated carbocycles. The predicted octanol–water partition coefficient (Wildman–Crippen LogP) is 1.56. The van der Waals surface area contributed by atoms with Crippen molar-refractivity contribution in [3.63, 3.8) is 0 Å². The molecule has 1 fully saturated rings. The summed E-state index contributed by atoms with van der Waals surface area (Å²) in [4.78, 5) is 2.42. The van der Waals surface area contributed by atoms with Gasteiger partial charge in [0.05, 0.1) is 19.3 Å². The summed E-state index contributed by atoms with van der Waals surface area (Å²) in [5.41, 5.74) is 1.24. The fourth-order valence-electron chi connectivity index (χ4n) is 3.10. The van der Waals surface area contributed by atoms with E-state index in [4.69, 9.17) is 14.2 Å². The molecular formula is C17H21N3O3. The van der Waals surface area contributed by atoms with E-state index in [0.717, 1.165) is 44.3 Å². The first-order valence-corrected chi connectivity index (χ1v) is 8.07. The maximum atomic E-state index is 5.86. The average molecular weight is 315 g/mol. The minimum atomic E-state index is 0.181. The van der Waals surface area contributed by atoms with E-state index >= 15 is 0 Å². The standard InChI is InChI=1S/C17H21N3O3/c1-4-18-20(5-1)13-15-12-19(6-7-21-15)11-14-2-3-16-17(10-14)23-9-8-22-16/h1-5,10,15H,6-9,11-13H2/t15-/m1/s1. The maximum Gasteiger partial charge on any atom is 0.161 e. The van der Waals surface area contributed by atoms with Crippen molar-refractivity contribution in [2.24, 2.45) is 0 Å². The third kappa shape index (κ3) is 3.48. The molecule has 122 valence electrons. The van der Waals surface area contributed by atoms with Gasteiger partial charge in [0.2, 0.25) is 0 Å². The lowest BCUT2D eigenvalue weighted by Gasteiger charge is -2.33. The molecule has 0 N–H and O–H groups in total. The fraction of sp³-hybridized carbons (Fsp3) is 0.471. The zero-order valence-corrected chi connectivity index (χ0v) is 13.1. The highest BCUT2D eigenvalue weighted by molar-refractivity contribution is 5.43. The number of fused-ring (bicyclic) bond motifs is 1. The van der Waals surface area contributed by atoms with Crippen LogP contribution in [0, 0.1) is 0 Å². The molecule has 0 radical (unpaired) electrons. The van der Waals surface area contributed by atoms with Crippen molar-refractivity contribution in [2.75, 3.05) is 32.9 Å². The van der Waals surface area contributed by atoms with E-state index in [1.165, 1.54) is 5.56 Å². The zero-order chi connectivity index (χ0) is 15.5. The van der Waals surface area contributed by atoms with Crippen LogP contribution in [-0.2, 0) is 17.8 Å². The lowest BCUT2D eigenvalue weighted by Crippen LogP contribution is -2.43. The summed E-state index contributed by atoms with van der Waals surface area (Å²) in [7, 11) is 0. The Bertz CT molecular complexity index is 645. The molecule has 1 aromatic heterocycles. The smallest absolute Gasteiger partial charge is 0.161 e. The lowest BCUT2D eigenvalue weighted by atomic mass is 10.1. The first-order chi connectivity index (χ1) is 11.4. The van der Waals surface area contributed by atoms with Crippen molar-refractivity contribution >= 4 is 0 Å². The number of hydrogen-bond acceptors (Lipinski definition) is 5. The highest BCUT2D eigenvalue weighted by atomic mass is 16.6. The van der Waals surface area contributed by atoms with Gasteiger partial charge < -0.3 is 14.2 Å². The number of morpholine rings is 1. The van der Waals surface area contributed by atoms with Crippen LogP contribution < -0.4 is 9.47 Å². The topological polar surface area (TPSA) is 48.8 Å². The van der Waals surface area contributed by atoms with Gasteiger partial charge in [0.1, 0.15) is 13.2 Å². The largest absolute Gasteiger partial charge is 0.486 e. The van der Waals surface area contributed by atoms with Gasteiger partial charge in [0, 0.05) is 32.0 Å². The molecular weight excluding hydrogens is 294 g/mol. The van der Waals surface area contributed by atoms with Gasteiger partial charge in [-0.25, -0.2) is 0 Å². The molecule has 23 heavy (non-hydrogen) atoms. The van der Waals surface area contributed by atoms with Crippen LogP contribution in [0.4, 0.5) is 0 Å². The SMILES string of the molecule is c1cnn(C[C@H]2CN(Cc3ccc4c(c3)OCCO4)CCO2)c1. The molecule has 1 saturated heterocycles. The molecule has 2 aromatic rings. The van der Waals surface area contributed by atoms with Crippen LogP contribution in [0.25, 0.3) is 0 Å². The van der Waals surface area contributed by atoms with Crippen molar-refractivity contribution in [1.82, 2.24) is 14.7 Å². The molecule has 0 unspecified atom stereocenters. The summed E-state index contributed by atoms with van der Waals surface area (Å²) >= 11 is 0. The third-order valence-corrected chi connectivity index (χ3v) is 4.19. The zero-order valence-electron chi connectivity index (χ0n) is 13.1. The molecule has 0 spiro atoms. The normalized spacial score (nSPS) is 21.3. The van der Waals surface area contributed by atoms with E-state index < -0.39 is 0 Å². The van der Waals surface area contributed by atoms with Gasteiger partial charge in [-0.15, -0.1) is 0 Å². The first kappa shape index (κ1) is 14.5. The summed E-state index contributed by atoms with van der Waals surface area (Å²) in [6.07, 6.45) is 3.96. The summed E-state index contributed by atoms with van der Waals surface area (Å²) in [5, 5.41) is 4.26. The van der Waals surface area contributed by atoms with Crippen LogP contribution in [-0.4, -0.2) is 53.7 Å². The van der Waals surface area contributed by atoms with Crippen molar-refractivity contribution in [3.8, 4) is 11.5 Å². The molecule has 2 aliphatic heterocycles. The molecule has 0 aliphatic carbocycles. The van der Waals surface area contributed by atoms with Crippen molar-refractivity contribution < 1.29 is 14.2 Å². The molecule has 1 aromatic carbocycles. The van der Waals surface area contributed by atoms with E-state index in [1.807, 2.05) is 23.0 Å². The number of benzene rings is 1. The average Bonchev–Trinajstić information content (AvgIpc) is 3.08. The molecule has 4 rings (SSSR count). The minimum absolute atomic E-state index is 0.181. The number of hydrogen-bond donors (Lipinski definition) is 0. The van der Waals surface area contributed by atoms with E-state index in [9.17, 15) is 0 Å². The second kappa shape index (κ2) is 6.60. The highest BCUT2D eigenvalue weighted by Crippen LogP contribution is 2.31. The van der Waals surface area contributed by atoms with Crippen LogP contribution in [0.1, 0.15) is 5.56 Å². The number of nitrogens with zero attached hydrogens (tertiary/aromatic N) is 3. The Morgan fingerprint density at radius 3 is 2.91 bits per heavy atom. The summed E-state index contributed by atoms with van der Waals surface area (Å²) < 4.78 is 19.0. The lowest BCUT2D eigenvalue weighted by molar-refractivity contribution is -0.0402. The summed E-state index contributed by atoms with van der Waals surface area (Å²) in [5.74, 6) is 1.70. The Morgan fingerprint density at radius 1 is 1.13 bits per heavy atom. The van der Waals surface area contributed by atoms with Crippen LogP contribution in [0.2, 0.25) is 0 Å². The second-order valence-corrected chi connectivity index (χ2v) is 5.93. The second-order valence-electron chi connectivity index (χ2n) is 5.93. The Labute approximate surface area is 135 Å². The van der Waals surface area contributed by atoms with Crippen molar-refractivity contribution in [3.05, 3.63) is 42.2 Å². The molecule has 3 heterocycles. The number of ether oxygens (including phenoxy) is 3. The Hall–Kier alpha value is -2.05. The van der Waals surface area contributed by atoms with E-state index in [-0.39, 0.29) is 6.10 Å². The quantitative estimate of drug-likeness (QED) is 0.857. The van der Waals surface area contributed by atoms with E-state index in [0.29, 0.717) is 13.2 Å². The van der Waals surface area contributed by atoms with Gasteiger partial charge in [0.15, 0.2) is 11.5 Å². The van der Waals surface area contributed by atoms with Crippen molar-refractivity contribution in [1.29, 1.82) is 0 Å². The molecule has 2 aliphatic rings. The van der Waals surface area contributed by atoms with Crippen LogP contribution in [0.3, 0.4) is 0 Å². The van der Waals surface area contributed by atoms with Crippen LogP contribution in [0.15, 0.2) is 36.7 Å². The third-order valence-electron chi connectivity index (χ3n) is 4.19. The monoisotopic (exact) mass is 315 g/mol. The highest BCUT2D eigenvalue weighted by Gasteiger charge is 2.21. The number of aromatic nitrogens is 2. The molecule has 0 amide bonds. The summed E-state index contributed by atoms with van der Waals surface area (Å²) in [6, 6.07) is 8.15. The minimum Gasteiger partial charge on any atom is -0.486 e. The van der Waals surface area contributed by atoms with Gasteiger partial charge in [-0.2, -0.15) is 5.10 Å². The van der Waals surface area contributed by atoms with E-state index in [1.54, 1.807) is 6.20 Å². The Balaban J connectivity index is 1.38. The summed E-state index contributed by atoms with van der Waals surface area (Å²) in [6.45, 7) is 5.57. The molecule has 0 bridgehead atoms. The van der Waals surface area contributed by atoms with Gasteiger partial charge >= 0.3 is 0 Å². The molecule has 6 nitrogen and oxygen atoms in total. The number of rotatable bonds is 4. The van der Waals surface area contributed by atoms with Gasteiger partial charge in [-0.3, -0.25) is 9.58 Å². The van der Waals surface area contributed by atoms with Crippen LogP contribution in [0.5, 0.6) is 11.5 Å². The van der Waals surface area contributed by atoms with Gasteiger partial charge in [-0.1, -0.05) is 6.07 Å². The van der Waals surface area contributed by atoms with Gasteiger partial charge in [0.25, 0.3) is 0 Å². The van der Waals surface area contributed by atoms with Gasteiger partial charge in [-0.05, 0) is 23.8 Å². The maximum absolute atomic E-state index is 5.86. The molecule has 6 heteroatoms.